The highest BCUT2D eigenvalue weighted by Gasteiger charge is 2.29. The van der Waals surface area contributed by atoms with Crippen LogP contribution in [0.5, 0.6) is 5.75 Å². The van der Waals surface area contributed by atoms with Crippen LogP contribution in [0.1, 0.15) is 22.8 Å². The number of carboxylic acids is 1. The highest BCUT2D eigenvalue weighted by Crippen LogP contribution is 2.29. The second-order valence-corrected chi connectivity index (χ2v) is 6.46. The summed E-state index contributed by atoms with van der Waals surface area (Å²) in [7, 11) is 1.58. The third kappa shape index (κ3) is 3.39. The van der Waals surface area contributed by atoms with E-state index in [2.05, 4.69) is 21.0 Å². The zero-order valence-corrected chi connectivity index (χ0v) is 15.6. The molecule has 0 saturated heterocycles. The van der Waals surface area contributed by atoms with E-state index in [1.54, 1.807) is 38.3 Å². The summed E-state index contributed by atoms with van der Waals surface area (Å²) in [5.74, 6) is -0.669. The van der Waals surface area contributed by atoms with E-state index in [0.29, 0.717) is 22.7 Å². The first kappa shape index (κ1) is 17.9. The summed E-state index contributed by atoms with van der Waals surface area (Å²) >= 11 is 3.42. The van der Waals surface area contributed by atoms with E-state index in [9.17, 15) is 9.59 Å². The van der Waals surface area contributed by atoms with Crippen LogP contribution in [0.3, 0.4) is 0 Å². The number of halogens is 1. The van der Waals surface area contributed by atoms with Gasteiger partial charge in [-0.15, -0.1) is 0 Å². The number of benzene rings is 2. The Morgan fingerprint density at radius 3 is 2.69 bits per heavy atom. The number of rotatable bonds is 4. The van der Waals surface area contributed by atoms with Gasteiger partial charge in [0.2, 0.25) is 0 Å². The molecule has 1 heterocycles. The van der Waals surface area contributed by atoms with E-state index in [1.165, 1.54) is 17.1 Å². The maximum absolute atomic E-state index is 12.8. The summed E-state index contributed by atoms with van der Waals surface area (Å²) in [5.41, 5.74) is 2.33. The monoisotopic (exact) mass is 414 g/mol. The zero-order valence-electron chi connectivity index (χ0n) is 14.1. The number of hydrogen-bond donors (Lipinski definition) is 1. The number of methoxy groups -OCH3 is 1. The molecule has 3 rings (SSSR count). The van der Waals surface area contributed by atoms with Crippen molar-refractivity contribution in [1.29, 1.82) is 0 Å². The van der Waals surface area contributed by atoms with Gasteiger partial charge >= 0.3 is 5.97 Å². The van der Waals surface area contributed by atoms with Crippen LogP contribution >= 0.6 is 15.9 Å². The van der Waals surface area contributed by atoms with E-state index in [0.717, 1.165) is 10.0 Å². The molecule has 0 atom stereocenters. The Bertz CT molecular complexity index is 966. The fourth-order valence-electron chi connectivity index (χ4n) is 2.57. The standard InChI is InChI=1S/C19H15BrN2O4/c1-11-15(8-12-6-7-17(26-2)16(20)9-12)18(23)22(21-11)14-5-3-4-13(10-14)19(24)25/h3-10H,1-2H3,(H,24,25)/b15-8+. The number of hydrazone groups is 1. The molecule has 0 fully saturated rings. The van der Waals surface area contributed by atoms with Gasteiger partial charge in [0.25, 0.3) is 5.91 Å². The van der Waals surface area contributed by atoms with Crippen molar-refractivity contribution < 1.29 is 19.4 Å². The summed E-state index contributed by atoms with van der Waals surface area (Å²) in [5, 5.41) is 14.6. The number of nitrogens with zero attached hydrogens (tertiary/aromatic N) is 2. The molecule has 132 valence electrons. The number of aromatic carboxylic acids is 1. The molecule has 7 heteroatoms. The predicted octanol–water partition coefficient (Wildman–Crippen LogP) is 3.96. The molecule has 0 bridgehead atoms. The topological polar surface area (TPSA) is 79.2 Å². The molecule has 1 amide bonds. The van der Waals surface area contributed by atoms with Gasteiger partial charge in [0, 0.05) is 0 Å². The lowest BCUT2D eigenvalue weighted by atomic mass is 10.1. The Labute approximate surface area is 158 Å². The molecule has 0 unspecified atom stereocenters. The van der Waals surface area contributed by atoms with Gasteiger partial charge in [0.1, 0.15) is 5.75 Å². The predicted molar refractivity (Wildman–Crippen MR) is 103 cm³/mol. The Balaban J connectivity index is 1.94. The lowest BCUT2D eigenvalue weighted by Gasteiger charge is -2.12. The Kier molecular flexibility index (Phi) is 4.90. The van der Waals surface area contributed by atoms with Crippen LogP contribution in [0.4, 0.5) is 5.69 Å². The molecule has 0 aliphatic carbocycles. The minimum absolute atomic E-state index is 0.0969. The maximum atomic E-state index is 12.8. The van der Waals surface area contributed by atoms with Crippen molar-refractivity contribution in [2.24, 2.45) is 5.10 Å². The first-order chi connectivity index (χ1) is 12.4. The molecule has 26 heavy (non-hydrogen) atoms. The summed E-state index contributed by atoms with van der Waals surface area (Å²) in [6.07, 6.45) is 1.74. The molecule has 2 aromatic rings. The highest BCUT2D eigenvalue weighted by atomic mass is 79.9. The van der Waals surface area contributed by atoms with Crippen LogP contribution < -0.4 is 9.75 Å². The normalized spacial score (nSPS) is 15.3. The molecule has 0 spiro atoms. The van der Waals surface area contributed by atoms with Gasteiger partial charge in [0.15, 0.2) is 0 Å². The fraction of sp³-hybridized carbons (Fsp3) is 0.105. The average molecular weight is 415 g/mol. The molecule has 1 N–H and O–H groups in total. The Morgan fingerprint density at radius 1 is 1.27 bits per heavy atom. The highest BCUT2D eigenvalue weighted by molar-refractivity contribution is 9.10. The van der Waals surface area contributed by atoms with Crippen molar-refractivity contribution in [2.75, 3.05) is 12.1 Å². The second kappa shape index (κ2) is 7.13. The van der Waals surface area contributed by atoms with Crippen LogP contribution in [0.15, 0.2) is 57.6 Å². The third-order valence-electron chi connectivity index (χ3n) is 3.89. The van der Waals surface area contributed by atoms with E-state index < -0.39 is 5.97 Å². The summed E-state index contributed by atoms with van der Waals surface area (Å²) in [6.45, 7) is 1.74. The molecule has 0 radical (unpaired) electrons. The average Bonchev–Trinajstić information content (AvgIpc) is 2.90. The lowest BCUT2D eigenvalue weighted by molar-refractivity contribution is -0.114. The second-order valence-electron chi connectivity index (χ2n) is 5.61. The molecule has 0 aromatic heterocycles. The molecular formula is C19H15BrN2O4. The smallest absolute Gasteiger partial charge is 0.335 e. The first-order valence-corrected chi connectivity index (χ1v) is 8.48. The van der Waals surface area contributed by atoms with Gasteiger partial charge in [-0.25, -0.2) is 4.79 Å². The third-order valence-corrected chi connectivity index (χ3v) is 4.51. The molecule has 1 aliphatic heterocycles. The van der Waals surface area contributed by atoms with Crippen LogP contribution in [0.2, 0.25) is 0 Å². The van der Waals surface area contributed by atoms with Crippen molar-refractivity contribution in [1.82, 2.24) is 0 Å². The molecule has 0 saturated carbocycles. The number of anilines is 1. The number of carboxylic acid groups (broad SMARTS) is 1. The number of amides is 1. The first-order valence-electron chi connectivity index (χ1n) is 7.69. The maximum Gasteiger partial charge on any atom is 0.335 e. The molecular weight excluding hydrogens is 400 g/mol. The molecule has 1 aliphatic rings. The van der Waals surface area contributed by atoms with Crippen LogP contribution in [-0.2, 0) is 4.79 Å². The van der Waals surface area contributed by atoms with Gasteiger partial charge < -0.3 is 9.84 Å². The van der Waals surface area contributed by atoms with Gasteiger partial charge in [-0.05, 0) is 64.8 Å². The Hall–Kier alpha value is -2.93. The van der Waals surface area contributed by atoms with Gasteiger partial charge in [-0.1, -0.05) is 12.1 Å². The number of carbonyl (C=O) groups excluding carboxylic acids is 1. The van der Waals surface area contributed by atoms with Crippen molar-refractivity contribution in [3.05, 3.63) is 63.6 Å². The SMILES string of the molecule is COc1ccc(/C=C2/C(=O)N(c3cccc(C(=O)O)c3)N=C2C)cc1Br. The Morgan fingerprint density at radius 2 is 2.04 bits per heavy atom. The van der Waals surface area contributed by atoms with Crippen molar-refractivity contribution in [3.63, 3.8) is 0 Å². The summed E-state index contributed by atoms with van der Waals surface area (Å²) in [6, 6.07) is 11.6. The minimum Gasteiger partial charge on any atom is -0.496 e. The minimum atomic E-state index is -1.06. The van der Waals surface area contributed by atoms with Gasteiger partial charge in [-0.3, -0.25) is 4.79 Å². The number of carbonyl (C=O) groups is 2. The van der Waals surface area contributed by atoms with Crippen molar-refractivity contribution in [3.8, 4) is 5.75 Å². The van der Waals surface area contributed by atoms with Crippen molar-refractivity contribution in [2.45, 2.75) is 6.92 Å². The van der Waals surface area contributed by atoms with E-state index in [-0.39, 0.29) is 11.5 Å². The van der Waals surface area contributed by atoms with E-state index >= 15 is 0 Å². The van der Waals surface area contributed by atoms with Crippen LogP contribution in [0, 0.1) is 0 Å². The zero-order chi connectivity index (χ0) is 18.8. The quantitative estimate of drug-likeness (QED) is 0.767. The van der Waals surface area contributed by atoms with Gasteiger partial charge in [-0.2, -0.15) is 10.1 Å². The largest absolute Gasteiger partial charge is 0.496 e. The van der Waals surface area contributed by atoms with Crippen molar-refractivity contribution >= 4 is 45.3 Å². The lowest BCUT2D eigenvalue weighted by Crippen LogP contribution is -2.21. The molecule has 6 nitrogen and oxygen atoms in total. The van der Waals surface area contributed by atoms with E-state index in [4.69, 9.17) is 9.84 Å². The number of hydrogen-bond acceptors (Lipinski definition) is 4. The number of ether oxygens (including phenoxy) is 1. The van der Waals surface area contributed by atoms with Crippen LogP contribution in [0.25, 0.3) is 6.08 Å². The van der Waals surface area contributed by atoms with Crippen LogP contribution in [-0.4, -0.2) is 29.8 Å². The molecule has 2 aromatic carbocycles. The fourth-order valence-corrected chi connectivity index (χ4v) is 3.13. The van der Waals surface area contributed by atoms with E-state index in [1.807, 2.05) is 12.1 Å². The van der Waals surface area contributed by atoms with Gasteiger partial charge in [0.05, 0.1) is 34.1 Å². The summed E-state index contributed by atoms with van der Waals surface area (Å²) < 4.78 is 5.98. The summed E-state index contributed by atoms with van der Waals surface area (Å²) in [4.78, 5) is 23.9.